The highest BCUT2D eigenvalue weighted by molar-refractivity contribution is 6.01. The van der Waals surface area contributed by atoms with Crippen molar-refractivity contribution in [3.05, 3.63) is 48.4 Å². The van der Waals surface area contributed by atoms with Gasteiger partial charge in [-0.2, -0.15) is 0 Å². The van der Waals surface area contributed by atoms with Gasteiger partial charge in [0.2, 0.25) is 0 Å². The van der Waals surface area contributed by atoms with Crippen molar-refractivity contribution in [3.8, 4) is 11.3 Å². The van der Waals surface area contributed by atoms with Crippen molar-refractivity contribution in [3.63, 3.8) is 0 Å². The summed E-state index contributed by atoms with van der Waals surface area (Å²) < 4.78 is 0. The number of hydrogen-bond acceptors (Lipinski definition) is 4. The van der Waals surface area contributed by atoms with Gasteiger partial charge in [0.1, 0.15) is 6.10 Å². The minimum atomic E-state index is 0.230. The van der Waals surface area contributed by atoms with Crippen LogP contribution in [0.5, 0.6) is 0 Å². The van der Waals surface area contributed by atoms with E-state index >= 15 is 0 Å². The Hall–Kier alpha value is -2.23. The first-order valence-electron chi connectivity index (χ1n) is 6.96. The monoisotopic (exact) mass is 267 g/mol. The van der Waals surface area contributed by atoms with Crippen LogP contribution in [0.15, 0.2) is 48.0 Å². The van der Waals surface area contributed by atoms with E-state index in [0.717, 1.165) is 41.8 Å². The van der Waals surface area contributed by atoms with E-state index in [9.17, 15) is 0 Å². The molecule has 0 bridgehead atoms. The number of rotatable bonds is 4. The number of nitrogens with zero attached hydrogens (tertiary/aromatic N) is 3. The maximum Gasteiger partial charge on any atom is 0.133 e. The molecule has 3 heterocycles. The minimum absolute atomic E-state index is 0.230. The number of pyridine rings is 2. The van der Waals surface area contributed by atoms with Crippen LogP contribution in [0.1, 0.15) is 31.7 Å². The molecule has 1 atom stereocenters. The van der Waals surface area contributed by atoms with Gasteiger partial charge in [0.15, 0.2) is 0 Å². The predicted octanol–water partition coefficient (Wildman–Crippen LogP) is 3.44. The summed E-state index contributed by atoms with van der Waals surface area (Å²) in [7, 11) is 0. The van der Waals surface area contributed by atoms with Crippen LogP contribution in [0, 0.1) is 0 Å². The largest absolute Gasteiger partial charge is 0.392 e. The Morgan fingerprint density at radius 2 is 2.15 bits per heavy atom. The van der Waals surface area contributed by atoms with Gasteiger partial charge in [-0.1, -0.05) is 18.5 Å². The Balaban J connectivity index is 1.74. The lowest BCUT2D eigenvalue weighted by atomic mass is 10.0. The molecule has 1 aliphatic heterocycles. The average Bonchev–Trinajstić information content (AvgIpc) is 2.97. The maximum atomic E-state index is 5.43. The van der Waals surface area contributed by atoms with Crippen molar-refractivity contribution in [1.82, 2.24) is 9.97 Å². The molecule has 0 saturated carbocycles. The lowest BCUT2D eigenvalue weighted by Gasteiger charge is -2.05. The molecule has 102 valence electrons. The van der Waals surface area contributed by atoms with Crippen LogP contribution < -0.4 is 0 Å². The molecule has 4 heteroatoms. The van der Waals surface area contributed by atoms with E-state index in [1.165, 1.54) is 0 Å². The zero-order chi connectivity index (χ0) is 13.8. The summed E-state index contributed by atoms with van der Waals surface area (Å²) >= 11 is 0. The molecule has 0 fully saturated rings. The summed E-state index contributed by atoms with van der Waals surface area (Å²) in [6, 6.07) is 7.96. The molecule has 0 saturated heterocycles. The minimum Gasteiger partial charge on any atom is -0.392 e. The third-order valence-electron chi connectivity index (χ3n) is 3.40. The standard InChI is InChI=1S/C16H17N3O/c1-2-4-14-9-16(19-20-14)13-6-7-15(18-11-13)12-5-3-8-17-10-12/h3,5-8,10-11,14H,2,4,9H2,1H3/t14-/m0/s1. The normalized spacial score (nSPS) is 17.6. The first-order chi connectivity index (χ1) is 9.86. The molecule has 0 aliphatic carbocycles. The summed E-state index contributed by atoms with van der Waals surface area (Å²) in [5.41, 5.74) is 3.98. The molecule has 1 aliphatic rings. The molecule has 0 aromatic carbocycles. The van der Waals surface area contributed by atoms with Crippen LogP contribution >= 0.6 is 0 Å². The Morgan fingerprint density at radius 3 is 2.85 bits per heavy atom. The molecule has 0 amide bonds. The van der Waals surface area contributed by atoms with Crippen LogP contribution in [0.25, 0.3) is 11.3 Å². The van der Waals surface area contributed by atoms with E-state index < -0.39 is 0 Å². The summed E-state index contributed by atoms with van der Waals surface area (Å²) in [5, 5.41) is 4.17. The Kier molecular flexibility index (Phi) is 3.72. The van der Waals surface area contributed by atoms with Crippen molar-refractivity contribution < 1.29 is 4.84 Å². The molecule has 0 spiro atoms. The summed E-state index contributed by atoms with van der Waals surface area (Å²) in [4.78, 5) is 14.0. The number of aromatic nitrogens is 2. The van der Waals surface area contributed by atoms with Crippen molar-refractivity contribution in [2.24, 2.45) is 5.16 Å². The molecule has 3 rings (SSSR count). The van der Waals surface area contributed by atoms with Crippen molar-refractivity contribution in [2.75, 3.05) is 0 Å². The van der Waals surface area contributed by atoms with Gasteiger partial charge in [0.25, 0.3) is 0 Å². The van der Waals surface area contributed by atoms with Crippen LogP contribution in [0.2, 0.25) is 0 Å². The third kappa shape index (κ3) is 2.69. The van der Waals surface area contributed by atoms with Gasteiger partial charge < -0.3 is 4.84 Å². The topological polar surface area (TPSA) is 47.4 Å². The van der Waals surface area contributed by atoms with Gasteiger partial charge in [0, 0.05) is 36.1 Å². The van der Waals surface area contributed by atoms with Crippen molar-refractivity contribution in [1.29, 1.82) is 0 Å². The van der Waals surface area contributed by atoms with Crippen molar-refractivity contribution in [2.45, 2.75) is 32.3 Å². The number of oxime groups is 1. The van der Waals surface area contributed by atoms with Crippen LogP contribution in [-0.2, 0) is 4.84 Å². The summed E-state index contributed by atoms with van der Waals surface area (Å²) in [5.74, 6) is 0. The molecule has 0 unspecified atom stereocenters. The second-order valence-corrected chi connectivity index (χ2v) is 4.93. The quantitative estimate of drug-likeness (QED) is 0.852. The van der Waals surface area contributed by atoms with E-state index in [-0.39, 0.29) is 6.10 Å². The van der Waals surface area contributed by atoms with Gasteiger partial charge in [-0.3, -0.25) is 9.97 Å². The van der Waals surface area contributed by atoms with E-state index in [4.69, 9.17) is 4.84 Å². The van der Waals surface area contributed by atoms with Crippen LogP contribution in [0.3, 0.4) is 0 Å². The van der Waals surface area contributed by atoms with Crippen LogP contribution in [-0.4, -0.2) is 21.8 Å². The molecule has 2 aromatic rings. The van der Waals surface area contributed by atoms with Gasteiger partial charge in [-0.05, 0) is 30.7 Å². The zero-order valence-electron chi connectivity index (χ0n) is 11.5. The third-order valence-corrected chi connectivity index (χ3v) is 3.40. The van der Waals surface area contributed by atoms with Gasteiger partial charge in [-0.15, -0.1) is 0 Å². The fourth-order valence-electron chi connectivity index (χ4n) is 2.33. The van der Waals surface area contributed by atoms with Gasteiger partial charge in [0.05, 0.1) is 11.4 Å². The zero-order valence-corrected chi connectivity index (χ0v) is 11.5. The van der Waals surface area contributed by atoms with Crippen molar-refractivity contribution >= 4 is 5.71 Å². The smallest absolute Gasteiger partial charge is 0.133 e. The highest BCUT2D eigenvalue weighted by atomic mass is 16.6. The van der Waals surface area contributed by atoms with E-state index in [1.807, 2.05) is 36.7 Å². The maximum absolute atomic E-state index is 5.43. The van der Waals surface area contributed by atoms with E-state index in [1.54, 1.807) is 6.20 Å². The SMILES string of the molecule is CCC[C@H]1CC(c2ccc(-c3cccnc3)nc2)=NO1. The molecular weight excluding hydrogens is 250 g/mol. The van der Waals surface area contributed by atoms with Gasteiger partial charge in [-0.25, -0.2) is 0 Å². The molecule has 4 nitrogen and oxygen atoms in total. The molecular formula is C16H17N3O. The highest BCUT2D eigenvalue weighted by Crippen LogP contribution is 2.21. The molecule has 0 N–H and O–H groups in total. The fraction of sp³-hybridized carbons (Fsp3) is 0.312. The fourth-order valence-corrected chi connectivity index (χ4v) is 2.33. The summed E-state index contributed by atoms with van der Waals surface area (Å²) in [6.07, 6.45) is 8.71. The number of hydrogen-bond donors (Lipinski definition) is 0. The second kappa shape index (κ2) is 5.82. The molecule has 2 aromatic heterocycles. The van der Waals surface area contributed by atoms with E-state index in [0.29, 0.717) is 0 Å². The van der Waals surface area contributed by atoms with Gasteiger partial charge >= 0.3 is 0 Å². The highest BCUT2D eigenvalue weighted by Gasteiger charge is 2.21. The first kappa shape index (κ1) is 12.8. The Labute approximate surface area is 118 Å². The van der Waals surface area contributed by atoms with E-state index in [2.05, 4.69) is 22.0 Å². The predicted molar refractivity (Wildman–Crippen MR) is 78.4 cm³/mol. The lowest BCUT2D eigenvalue weighted by molar-refractivity contribution is 0.0786. The first-order valence-corrected chi connectivity index (χ1v) is 6.96. The lowest BCUT2D eigenvalue weighted by Crippen LogP contribution is -2.07. The molecule has 20 heavy (non-hydrogen) atoms. The Morgan fingerprint density at radius 1 is 1.20 bits per heavy atom. The Bertz CT molecular complexity index is 593. The average molecular weight is 267 g/mol. The van der Waals surface area contributed by atoms with Crippen LogP contribution in [0.4, 0.5) is 0 Å². The second-order valence-electron chi connectivity index (χ2n) is 4.93. The summed E-state index contributed by atoms with van der Waals surface area (Å²) in [6.45, 7) is 2.16. The molecule has 0 radical (unpaired) electrons.